The Balaban J connectivity index is 1.43. The van der Waals surface area contributed by atoms with Crippen molar-refractivity contribution in [2.45, 2.75) is 25.0 Å². The van der Waals surface area contributed by atoms with Crippen LogP contribution in [0.25, 0.3) is 0 Å². The molecule has 0 aliphatic heterocycles. The van der Waals surface area contributed by atoms with E-state index >= 15 is 0 Å². The molecule has 0 aliphatic rings. The minimum absolute atomic E-state index is 0.404. The third-order valence-electron chi connectivity index (χ3n) is 3.38. The summed E-state index contributed by atoms with van der Waals surface area (Å²) >= 11 is 3.17. The SMILES string of the molecule is O[C@H](CNCCCCNC[C@@H](O)c1cccs1)c1cccs1. The van der Waals surface area contributed by atoms with Crippen molar-refractivity contribution in [1.82, 2.24) is 10.6 Å². The van der Waals surface area contributed by atoms with Crippen molar-refractivity contribution in [2.24, 2.45) is 0 Å². The largest absolute Gasteiger partial charge is 0.386 e. The molecule has 22 heavy (non-hydrogen) atoms. The molecule has 122 valence electrons. The Morgan fingerprint density at radius 3 is 1.64 bits per heavy atom. The van der Waals surface area contributed by atoms with Crippen LogP contribution in [0.5, 0.6) is 0 Å². The number of hydrogen-bond acceptors (Lipinski definition) is 6. The van der Waals surface area contributed by atoms with Crippen LogP contribution in [0.2, 0.25) is 0 Å². The molecule has 0 aromatic carbocycles. The van der Waals surface area contributed by atoms with Crippen LogP contribution in [0.1, 0.15) is 34.8 Å². The number of rotatable bonds is 11. The van der Waals surface area contributed by atoms with Crippen LogP contribution in [0.4, 0.5) is 0 Å². The third-order valence-corrected chi connectivity index (χ3v) is 5.32. The summed E-state index contributed by atoms with van der Waals surface area (Å²) in [6.07, 6.45) is 1.30. The molecular weight excluding hydrogens is 316 g/mol. The molecule has 0 aliphatic carbocycles. The molecule has 2 rings (SSSR count). The molecular formula is C16H24N2O2S2. The maximum Gasteiger partial charge on any atom is 0.101 e. The van der Waals surface area contributed by atoms with Gasteiger partial charge in [-0.1, -0.05) is 12.1 Å². The average Bonchev–Trinajstić information content (AvgIpc) is 3.22. The number of aliphatic hydroxyl groups is 2. The van der Waals surface area contributed by atoms with Crippen molar-refractivity contribution in [3.05, 3.63) is 44.8 Å². The van der Waals surface area contributed by atoms with Gasteiger partial charge in [-0.25, -0.2) is 0 Å². The normalized spacial score (nSPS) is 14.1. The summed E-state index contributed by atoms with van der Waals surface area (Å²) in [5.41, 5.74) is 0. The quantitative estimate of drug-likeness (QED) is 0.475. The molecule has 2 atom stereocenters. The highest BCUT2D eigenvalue weighted by atomic mass is 32.1. The van der Waals surface area contributed by atoms with Crippen LogP contribution >= 0.6 is 22.7 Å². The molecule has 0 bridgehead atoms. The summed E-state index contributed by atoms with van der Waals surface area (Å²) in [5.74, 6) is 0. The first-order valence-electron chi connectivity index (χ1n) is 7.61. The number of thiophene rings is 2. The fraction of sp³-hybridized carbons (Fsp3) is 0.500. The molecule has 0 saturated carbocycles. The van der Waals surface area contributed by atoms with E-state index in [0.717, 1.165) is 35.7 Å². The lowest BCUT2D eigenvalue weighted by atomic mass is 10.2. The minimum atomic E-state index is -0.404. The van der Waals surface area contributed by atoms with E-state index in [9.17, 15) is 10.2 Å². The summed E-state index contributed by atoms with van der Waals surface area (Å²) in [6.45, 7) is 3.01. The zero-order chi connectivity index (χ0) is 15.6. The van der Waals surface area contributed by atoms with Crippen LogP contribution in [-0.4, -0.2) is 36.4 Å². The van der Waals surface area contributed by atoms with Gasteiger partial charge in [0.15, 0.2) is 0 Å². The molecule has 4 nitrogen and oxygen atoms in total. The first-order chi connectivity index (χ1) is 10.8. The molecule has 2 heterocycles. The van der Waals surface area contributed by atoms with Gasteiger partial charge in [-0.05, 0) is 48.8 Å². The van der Waals surface area contributed by atoms with Crippen LogP contribution in [-0.2, 0) is 0 Å². The average molecular weight is 341 g/mol. The minimum Gasteiger partial charge on any atom is -0.386 e. The molecule has 2 aromatic heterocycles. The number of aliphatic hydroxyl groups excluding tert-OH is 2. The Kier molecular flexibility index (Phi) is 8.07. The zero-order valence-corrected chi connectivity index (χ0v) is 14.2. The predicted molar refractivity (Wildman–Crippen MR) is 93.5 cm³/mol. The first-order valence-corrected chi connectivity index (χ1v) is 9.37. The molecule has 2 aromatic rings. The Morgan fingerprint density at radius 2 is 1.27 bits per heavy atom. The Bertz CT molecular complexity index is 442. The lowest BCUT2D eigenvalue weighted by Crippen LogP contribution is -2.25. The van der Waals surface area contributed by atoms with Crippen molar-refractivity contribution >= 4 is 22.7 Å². The second-order valence-corrected chi connectivity index (χ2v) is 7.14. The van der Waals surface area contributed by atoms with Crippen LogP contribution in [0.3, 0.4) is 0 Å². The lowest BCUT2D eigenvalue weighted by molar-refractivity contribution is 0.176. The summed E-state index contributed by atoms with van der Waals surface area (Å²) in [6, 6.07) is 7.83. The van der Waals surface area contributed by atoms with Crippen molar-refractivity contribution in [3.8, 4) is 0 Å². The molecule has 6 heteroatoms. The maximum atomic E-state index is 9.91. The Labute approximate surface area is 139 Å². The van der Waals surface area contributed by atoms with E-state index in [2.05, 4.69) is 10.6 Å². The smallest absolute Gasteiger partial charge is 0.101 e. The standard InChI is InChI=1S/C16H24N2O2S2/c19-13(15-5-3-9-21-15)11-17-7-1-2-8-18-12-14(20)16-6-4-10-22-16/h3-6,9-10,13-14,17-20H,1-2,7-8,11-12H2/t13-,14-/m1/s1. The lowest BCUT2D eigenvalue weighted by Gasteiger charge is -2.11. The van der Waals surface area contributed by atoms with Crippen molar-refractivity contribution < 1.29 is 10.2 Å². The fourth-order valence-corrected chi connectivity index (χ4v) is 3.56. The highest BCUT2D eigenvalue weighted by Crippen LogP contribution is 2.18. The van der Waals surface area contributed by atoms with E-state index in [1.54, 1.807) is 22.7 Å². The van der Waals surface area contributed by atoms with Crippen LogP contribution < -0.4 is 10.6 Å². The van der Waals surface area contributed by atoms with E-state index in [1.807, 2.05) is 35.0 Å². The van der Waals surface area contributed by atoms with Gasteiger partial charge in [0, 0.05) is 22.8 Å². The monoisotopic (exact) mass is 340 g/mol. The van der Waals surface area contributed by atoms with Gasteiger partial charge in [0.1, 0.15) is 12.2 Å². The van der Waals surface area contributed by atoms with Crippen molar-refractivity contribution in [3.63, 3.8) is 0 Å². The van der Waals surface area contributed by atoms with Gasteiger partial charge in [0.25, 0.3) is 0 Å². The highest BCUT2D eigenvalue weighted by molar-refractivity contribution is 7.10. The van der Waals surface area contributed by atoms with E-state index in [4.69, 9.17) is 0 Å². The van der Waals surface area contributed by atoms with Gasteiger partial charge >= 0.3 is 0 Å². The second-order valence-electron chi connectivity index (χ2n) is 5.18. The molecule has 0 unspecified atom stereocenters. The predicted octanol–water partition coefficient (Wildman–Crippen LogP) is 2.54. The number of hydrogen-bond donors (Lipinski definition) is 4. The van der Waals surface area contributed by atoms with Gasteiger partial charge in [-0.15, -0.1) is 22.7 Å². The third kappa shape index (κ3) is 6.16. The van der Waals surface area contributed by atoms with Gasteiger partial charge in [-0.3, -0.25) is 0 Å². The topological polar surface area (TPSA) is 64.5 Å². The summed E-state index contributed by atoms with van der Waals surface area (Å²) < 4.78 is 0. The van der Waals surface area contributed by atoms with E-state index in [0.29, 0.717) is 13.1 Å². The van der Waals surface area contributed by atoms with Gasteiger partial charge in [0.2, 0.25) is 0 Å². The van der Waals surface area contributed by atoms with Crippen LogP contribution in [0, 0.1) is 0 Å². The highest BCUT2D eigenvalue weighted by Gasteiger charge is 2.08. The van der Waals surface area contributed by atoms with E-state index in [1.165, 1.54) is 0 Å². The summed E-state index contributed by atoms with van der Waals surface area (Å²) in [7, 11) is 0. The molecule has 0 fully saturated rings. The van der Waals surface area contributed by atoms with Gasteiger partial charge in [-0.2, -0.15) is 0 Å². The second kappa shape index (κ2) is 10.1. The zero-order valence-electron chi connectivity index (χ0n) is 12.6. The molecule has 0 spiro atoms. The number of unbranched alkanes of at least 4 members (excludes halogenated alkanes) is 1. The number of nitrogens with one attached hydrogen (secondary N) is 2. The van der Waals surface area contributed by atoms with Crippen LogP contribution in [0.15, 0.2) is 35.0 Å². The summed E-state index contributed by atoms with van der Waals surface area (Å²) in [5, 5.41) is 30.3. The Hall–Kier alpha value is -0.760. The maximum absolute atomic E-state index is 9.91. The van der Waals surface area contributed by atoms with Crippen molar-refractivity contribution in [2.75, 3.05) is 26.2 Å². The molecule has 4 N–H and O–H groups in total. The molecule has 0 radical (unpaired) electrons. The summed E-state index contributed by atoms with van der Waals surface area (Å²) in [4.78, 5) is 2.02. The van der Waals surface area contributed by atoms with Crippen molar-refractivity contribution in [1.29, 1.82) is 0 Å². The first kappa shape index (κ1) is 17.6. The molecule has 0 amide bonds. The molecule has 0 saturated heterocycles. The van der Waals surface area contributed by atoms with E-state index in [-0.39, 0.29) is 0 Å². The van der Waals surface area contributed by atoms with Gasteiger partial charge < -0.3 is 20.8 Å². The van der Waals surface area contributed by atoms with Gasteiger partial charge in [0.05, 0.1) is 0 Å². The Morgan fingerprint density at radius 1 is 0.818 bits per heavy atom. The fourth-order valence-electron chi connectivity index (χ4n) is 2.14. The van der Waals surface area contributed by atoms with E-state index < -0.39 is 12.2 Å².